The molecule has 52 valence electrons. The summed E-state index contributed by atoms with van der Waals surface area (Å²) in [5.41, 5.74) is 5.42. The number of nitrogens with two attached hydrogens (primary N) is 1. The van der Waals surface area contributed by atoms with E-state index in [1.807, 2.05) is 0 Å². The average Bonchev–Trinajstić information content (AvgIpc) is 1.98. The molecule has 1 aliphatic heterocycles. The van der Waals surface area contributed by atoms with E-state index in [0.717, 1.165) is 0 Å². The number of nitroso groups, excluding NO2 is 1. The second kappa shape index (κ2) is 2.77. The lowest BCUT2D eigenvalue weighted by Gasteiger charge is -2.24. The standard InChI is InChI=1S/C5H11N3O/c6-5-2-1-3-8(4-5)7-9/h5H,1-4,6H2/i3D2,4D2. The van der Waals surface area contributed by atoms with Gasteiger partial charge in [-0.25, -0.2) is 0 Å². The highest BCUT2D eigenvalue weighted by molar-refractivity contribution is 4.71. The Labute approximate surface area is 59.6 Å². The highest BCUT2D eigenvalue weighted by Gasteiger charge is 2.14. The maximum absolute atomic E-state index is 10.3. The van der Waals surface area contributed by atoms with Crippen LogP contribution in [0.25, 0.3) is 0 Å². The zero-order chi connectivity index (χ0) is 10.3. The minimum atomic E-state index is -2.20. The number of hydrogen-bond acceptors (Lipinski definition) is 3. The zero-order valence-electron chi connectivity index (χ0n) is 8.87. The molecule has 0 aromatic carbocycles. The lowest BCUT2D eigenvalue weighted by Crippen LogP contribution is -2.39. The van der Waals surface area contributed by atoms with Crippen LogP contribution in [0, 0.1) is 4.91 Å². The molecule has 9 heavy (non-hydrogen) atoms. The van der Waals surface area contributed by atoms with Crippen LogP contribution < -0.4 is 5.73 Å². The van der Waals surface area contributed by atoms with E-state index in [1.165, 1.54) is 0 Å². The van der Waals surface area contributed by atoms with Gasteiger partial charge in [0.05, 0.1) is 17.3 Å². The van der Waals surface area contributed by atoms with E-state index >= 15 is 0 Å². The molecule has 2 N–H and O–H groups in total. The molecule has 0 aromatic heterocycles. The van der Waals surface area contributed by atoms with E-state index in [4.69, 9.17) is 11.2 Å². The summed E-state index contributed by atoms with van der Waals surface area (Å²) in [6.45, 7) is -4.25. The van der Waals surface area contributed by atoms with E-state index in [-0.39, 0.29) is 17.9 Å². The van der Waals surface area contributed by atoms with Crippen LogP contribution in [-0.2, 0) is 0 Å². The van der Waals surface area contributed by atoms with Crippen molar-refractivity contribution in [2.24, 2.45) is 11.0 Å². The van der Waals surface area contributed by atoms with Crippen LogP contribution in [0.5, 0.6) is 0 Å². The Bertz CT molecular complexity index is 222. The van der Waals surface area contributed by atoms with Crippen molar-refractivity contribution in [3.05, 3.63) is 4.91 Å². The van der Waals surface area contributed by atoms with Gasteiger partial charge in [-0.2, -0.15) is 0 Å². The molecular formula is C5H11N3O. The molecule has 4 nitrogen and oxygen atoms in total. The summed E-state index contributed by atoms with van der Waals surface area (Å²) >= 11 is 0. The topological polar surface area (TPSA) is 58.7 Å². The molecule has 1 fully saturated rings. The van der Waals surface area contributed by atoms with Crippen LogP contribution in [0.4, 0.5) is 0 Å². The molecular weight excluding hydrogens is 118 g/mol. The van der Waals surface area contributed by atoms with Gasteiger partial charge < -0.3 is 5.73 Å². The van der Waals surface area contributed by atoms with Crippen LogP contribution in [-0.4, -0.2) is 24.0 Å². The number of piperidine rings is 1. The second-order valence-electron chi connectivity index (χ2n) is 1.83. The highest BCUT2D eigenvalue weighted by atomic mass is 16.3. The normalized spacial score (nSPS) is 45.9. The minimum Gasteiger partial charge on any atom is -0.326 e. The van der Waals surface area contributed by atoms with Crippen LogP contribution in [0.2, 0.25) is 0 Å². The summed E-state index contributed by atoms with van der Waals surface area (Å²) in [6, 6.07) is -0.881. The Balaban J connectivity index is 2.98. The Kier molecular flexibility index (Phi) is 0.914. The van der Waals surface area contributed by atoms with E-state index in [9.17, 15) is 4.91 Å². The predicted octanol–water partition coefficient (Wildman–Crippen LogP) is 0.0909. The van der Waals surface area contributed by atoms with Gasteiger partial charge in [-0.15, -0.1) is 4.91 Å². The molecule has 1 atom stereocenters. The average molecular weight is 133 g/mol. The van der Waals surface area contributed by atoms with E-state index in [0.29, 0.717) is 0 Å². The van der Waals surface area contributed by atoms with Gasteiger partial charge in [0.2, 0.25) is 0 Å². The van der Waals surface area contributed by atoms with Crippen molar-refractivity contribution in [3.63, 3.8) is 0 Å². The Morgan fingerprint density at radius 2 is 2.67 bits per heavy atom. The van der Waals surface area contributed by atoms with Crippen LogP contribution in [0.1, 0.15) is 18.3 Å². The van der Waals surface area contributed by atoms with E-state index < -0.39 is 19.0 Å². The second-order valence-corrected chi connectivity index (χ2v) is 1.83. The summed E-state index contributed by atoms with van der Waals surface area (Å²) in [5, 5.41) is 2.63. The van der Waals surface area contributed by atoms with Gasteiger partial charge in [0.25, 0.3) is 0 Å². The van der Waals surface area contributed by atoms with Crippen molar-refractivity contribution in [1.82, 2.24) is 5.01 Å². The highest BCUT2D eigenvalue weighted by Crippen LogP contribution is 2.06. The van der Waals surface area contributed by atoms with Gasteiger partial charge in [0.15, 0.2) is 0 Å². The van der Waals surface area contributed by atoms with Crippen molar-refractivity contribution in [2.75, 3.05) is 13.0 Å². The zero-order valence-corrected chi connectivity index (χ0v) is 4.87. The van der Waals surface area contributed by atoms with Crippen LogP contribution in [0.3, 0.4) is 0 Å². The first-order valence-electron chi connectivity index (χ1n) is 4.71. The van der Waals surface area contributed by atoms with Crippen molar-refractivity contribution >= 4 is 0 Å². The molecule has 1 heterocycles. The Hall–Kier alpha value is -0.640. The maximum Gasteiger partial charge on any atom is 0.0543 e. The molecule has 0 aromatic rings. The third-order valence-electron chi connectivity index (χ3n) is 1.09. The van der Waals surface area contributed by atoms with Gasteiger partial charge in [0, 0.05) is 12.5 Å². The molecule has 1 unspecified atom stereocenters. The Morgan fingerprint density at radius 1 is 1.89 bits per heavy atom. The van der Waals surface area contributed by atoms with Gasteiger partial charge in [0.1, 0.15) is 0 Å². The van der Waals surface area contributed by atoms with Crippen molar-refractivity contribution in [2.45, 2.75) is 18.9 Å². The molecule has 0 saturated carbocycles. The van der Waals surface area contributed by atoms with E-state index in [1.54, 1.807) is 0 Å². The first kappa shape index (κ1) is 2.96. The summed E-state index contributed by atoms with van der Waals surface area (Å²) in [7, 11) is 0. The molecule has 0 amide bonds. The molecule has 1 rings (SSSR count). The number of hydrogen-bond donors (Lipinski definition) is 1. The van der Waals surface area contributed by atoms with Gasteiger partial charge >= 0.3 is 0 Å². The number of nitrogens with zero attached hydrogens (tertiary/aromatic N) is 2. The lowest BCUT2D eigenvalue weighted by atomic mass is 10.1. The molecule has 0 spiro atoms. The van der Waals surface area contributed by atoms with Gasteiger partial charge in [-0.3, -0.25) is 5.01 Å². The number of rotatable bonds is 1. The molecule has 0 radical (unpaired) electrons. The maximum atomic E-state index is 10.3. The summed E-state index contributed by atoms with van der Waals surface area (Å²) in [6.07, 6.45) is 0.214. The Morgan fingerprint density at radius 3 is 3.22 bits per heavy atom. The van der Waals surface area contributed by atoms with E-state index in [2.05, 4.69) is 5.29 Å². The fourth-order valence-corrected chi connectivity index (χ4v) is 0.646. The third-order valence-corrected chi connectivity index (χ3v) is 1.09. The van der Waals surface area contributed by atoms with Crippen LogP contribution >= 0.6 is 0 Å². The van der Waals surface area contributed by atoms with Gasteiger partial charge in [-0.1, -0.05) is 0 Å². The summed E-state index contributed by atoms with van der Waals surface area (Å²) in [4.78, 5) is 10.3. The van der Waals surface area contributed by atoms with Crippen molar-refractivity contribution in [1.29, 1.82) is 0 Å². The molecule has 1 saturated heterocycles. The van der Waals surface area contributed by atoms with Gasteiger partial charge in [-0.05, 0) is 12.8 Å². The quantitative estimate of drug-likeness (QED) is 0.516. The third kappa shape index (κ3) is 1.64. The minimum absolute atomic E-state index is 0.0133. The summed E-state index contributed by atoms with van der Waals surface area (Å²) in [5.74, 6) is 0. The predicted molar refractivity (Wildman–Crippen MR) is 34.6 cm³/mol. The molecule has 0 bridgehead atoms. The van der Waals surface area contributed by atoms with Crippen molar-refractivity contribution < 1.29 is 5.48 Å². The molecule has 0 aliphatic carbocycles. The molecule has 4 heteroatoms. The first-order valence-corrected chi connectivity index (χ1v) is 2.71. The monoisotopic (exact) mass is 133 g/mol. The van der Waals surface area contributed by atoms with Crippen molar-refractivity contribution in [3.8, 4) is 0 Å². The fourth-order valence-electron chi connectivity index (χ4n) is 0.646. The molecule has 1 aliphatic rings. The lowest BCUT2D eigenvalue weighted by molar-refractivity contribution is 0.215. The van der Waals surface area contributed by atoms with Crippen LogP contribution in [0.15, 0.2) is 5.29 Å². The SMILES string of the molecule is [2H]C1([2H])CCC(N)C([2H])([2H])N1N=O. The first-order chi connectivity index (χ1) is 5.82. The largest absolute Gasteiger partial charge is 0.326 e. The smallest absolute Gasteiger partial charge is 0.0543 e. The fraction of sp³-hybridized carbons (Fsp3) is 1.00. The summed E-state index contributed by atoms with van der Waals surface area (Å²) < 4.78 is 29.4.